The standard InChI is InChI=1S/C12H15NO3S/c14-6-12(7-15)8-4-13(5-9(8)12)11(16)10-2-1-3-17-10/h1-3,8-9,14-15H,4-7H2. The maximum absolute atomic E-state index is 12.1. The zero-order valence-electron chi connectivity index (χ0n) is 9.37. The Kier molecular flexibility index (Phi) is 2.50. The van der Waals surface area contributed by atoms with Gasteiger partial charge in [-0.25, -0.2) is 0 Å². The quantitative estimate of drug-likeness (QED) is 0.821. The molecule has 2 fully saturated rings. The monoisotopic (exact) mass is 253 g/mol. The van der Waals surface area contributed by atoms with E-state index in [1.807, 2.05) is 22.4 Å². The number of aliphatic hydroxyl groups excluding tert-OH is 2. The molecule has 2 aliphatic rings. The lowest BCUT2D eigenvalue weighted by molar-refractivity contribution is 0.0641. The minimum Gasteiger partial charge on any atom is -0.396 e. The Balaban J connectivity index is 1.68. The summed E-state index contributed by atoms with van der Waals surface area (Å²) in [5.74, 6) is 0.639. The van der Waals surface area contributed by atoms with E-state index in [4.69, 9.17) is 0 Å². The second-order valence-electron chi connectivity index (χ2n) is 4.95. The zero-order chi connectivity index (χ0) is 12.0. The summed E-state index contributed by atoms with van der Waals surface area (Å²) in [4.78, 5) is 14.7. The predicted octanol–water partition coefficient (Wildman–Crippen LogP) is 0.421. The van der Waals surface area contributed by atoms with E-state index in [0.29, 0.717) is 13.1 Å². The number of aliphatic hydroxyl groups is 2. The summed E-state index contributed by atoms with van der Waals surface area (Å²) in [5, 5.41) is 20.5. The highest BCUT2D eigenvalue weighted by Gasteiger charge is 2.68. The van der Waals surface area contributed by atoms with Crippen LogP contribution in [0.4, 0.5) is 0 Å². The number of thiophene rings is 1. The molecule has 2 unspecified atom stereocenters. The van der Waals surface area contributed by atoms with E-state index in [2.05, 4.69) is 0 Å². The van der Waals surface area contributed by atoms with Gasteiger partial charge >= 0.3 is 0 Å². The molecule has 1 saturated heterocycles. The smallest absolute Gasteiger partial charge is 0.263 e. The molecule has 2 heterocycles. The van der Waals surface area contributed by atoms with E-state index in [1.165, 1.54) is 11.3 Å². The van der Waals surface area contributed by atoms with Gasteiger partial charge in [-0.15, -0.1) is 11.3 Å². The summed E-state index contributed by atoms with van der Waals surface area (Å²) < 4.78 is 0. The average molecular weight is 253 g/mol. The number of amides is 1. The molecule has 2 N–H and O–H groups in total. The Morgan fingerprint density at radius 2 is 2.06 bits per heavy atom. The molecule has 92 valence electrons. The fourth-order valence-corrected chi connectivity index (χ4v) is 3.77. The molecule has 4 nitrogen and oxygen atoms in total. The van der Waals surface area contributed by atoms with Crippen molar-refractivity contribution in [3.8, 4) is 0 Å². The maximum atomic E-state index is 12.1. The first-order valence-electron chi connectivity index (χ1n) is 5.77. The SMILES string of the molecule is O=C(c1cccs1)N1CC2C(C1)C2(CO)CO. The van der Waals surface area contributed by atoms with Crippen LogP contribution in [0.5, 0.6) is 0 Å². The van der Waals surface area contributed by atoms with Crippen LogP contribution >= 0.6 is 11.3 Å². The molecular formula is C12H15NO3S. The van der Waals surface area contributed by atoms with Gasteiger partial charge in [0.05, 0.1) is 18.1 Å². The van der Waals surface area contributed by atoms with Crippen LogP contribution in [0.1, 0.15) is 9.67 Å². The third-order valence-corrected chi connectivity index (χ3v) is 5.15. The average Bonchev–Trinajstić information content (AvgIpc) is 2.84. The number of piperidine rings is 1. The number of likely N-dealkylation sites (tertiary alicyclic amines) is 1. The number of hydrogen-bond acceptors (Lipinski definition) is 4. The Labute approximate surface area is 103 Å². The molecule has 1 aromatic heterocycles. The maximum Gasteiger partial charge on any atom is 0.263 e. The summed E-state index contributed by atoms with van der Waals surface area (Å²) in [7, 11) is 0. The van der Waals surface area contributed by atoms with Crippen molar-refractivity contribution in [2.75, 3.05) is 26.3 Å². The molecular weight excluding hydrogens is 238 g/mol. The zero-order valence-corrected chi connectivity index (χ0v) is 10.2. The second-order valence-corrected chi connectivity index (χ2v) is 5.90. The van der Waals surface area contributed by atoms with Crippen LogP contribution in [-0.2, 0) is 0 Å². The molecule has 0 bridgehead atoms. The summed E-state index contributed by atoms with van der Waals surface area (Å²) >= 11 is 1.46. The van der Waals surface area contributed by atoms with Crippen LogP contribution in [0.25, 0.3) is 0 Å². The third kappa shape index (κ3) is 1.46. The molecule has 3 rings (SSSR count). The molecule has 0 spiro atoms. The van der Waals surface area contributed by atoms with Crippen LogP contribution in [0.2, 0.25) is 0 Å². The van der Waals surface area contributed by atoms with Gasteiger partial charge in [0.15, 0.2) is 0 Å². The second kappa shape index (κ2) is 3.80. The minimum atomic E-state index is -0.313. The highest BCUT2D eigenvalue weighted by atomic mass is 32.1. The van der Waals surface area contributed by atoms with E-state index in [9.17, 15) is 15.0 Å². The van der Waals surface area contributed by atoms with Crippen molar-refractivity contribution in [3.63, 3.8) is 0 Å². The molecule has 0 radical (unpaired) electrons. The van der Waals surface area contributed by atoms with Gasteiger partial charge in [0, 0.05) is 18.5 Å². The molecule has 17 heavy (non-hydrogen) atoms. The number of nitrogens with zero attached hydrogens (tertiary/aromatic N) is 1. The van der Waals surface area contributed by atoms with Gasteiger partial charge in [0.1, 0.15) is 0 Å². The summed E-state index contributed by atoms with van der Waals surface area (Å²) in [6, 6.07) is 3.71. The van der Waals surface area contributed by atoms with Crippen LogP contribution in [0, 0.1) is 17.3 Å². The van der Waals surface area contributed by atoms with Gasteiger partial charge in [0.2, 0.25) is 0 Å². The summed E-state index contributed by atoms with van der Waals surface area (Å²) in [6.07, 6.45) is 0. The first-order valence-corrected chi connectivity index (χ1v) is 6.65. The predicted molar refractivity (Wildman–Crippen MR) is 63.8 cm³/mol. The Morgan fingerprint density at radius 3 is 2.53 bits per heavy atom. The lowest BCUT2D eigenvalue weighted by Crippen LogP contribution is -2.35. The highest BCUT2D eigenvalue weighted by Crippen LogP contribution is 2.62. The number of carbonyl (C=O) groups is 1. The molecule has 1 aromatic rings. The van der Waals surface area contributed by atoms with Gasteiger partial charge in [-0.1, -0.05) is 6.07 Å². The van der Waals surface area contributed by atoms with Crippen molar-refractivity contribution in [2.24, 2.45) is 17.3 Å². The molecule has 2 atom stereocenters. The van der Waals surface area contributed by atoms with Crippen LogP contribution in [-0.4, -0.2) is 47.3 Å². The fraction of sp³-hybridized carbons (Fsp3) is 0.583. The lowest BCUT2D eigenvalue weighted by atomic mass is 10.0. The molecule has 0 aromatic carbocycles. The van der Waals surface area contributed by atoms with Crippen LogP contribution in [0.3, 0.4) is 0 Å². The van der Waals surface area contributed by atoms with E-state index in [1.54, 1.807) is 0 Å². The summed E-state index contributed by atoms with van der Waals surface area (Å²) in [6.45, 7) is 1.39. The fourth-order valence-electron chi connectivity index (χ4n) is 3.08. The van der Waals surface area contributed by atoms with Crippen molar-refractivity contribution in [3.05, 3.63) is 22.4 Å². The molecule has 5 heteroatoms. The summed E-state index contributed by atoms with van der Waals surface area (Å²) in [5.41, 5.74) is -0.313. The van der Waals surface area contributed by atoms with E-state index in [0.717, 1.165) is 4.88 Å². The molecule has 1 aliphatic carbocycles. The van der Waals surface area contributed by atoms with Gasteiger partial charge in [-0.05, 0) is 23.3 Å². The first kappa shape index (κ1) is 11.2. The lowest BCUT2D eigenvalue weighted by Gasteiger charge is -2.23. The normalized spacial score (nSPS) is 29.2. The number of carbonyl (C=O) groups excluding carboxylic acids is 1. The van der Waals surface area contributed by atoms with Gasteiger partial charge in [-0.3, -0.25) is 4.79 Å². The topological polar surface area (TPSA) is 60.8 Å². The largest absolute Gasteiger partial charge is 0.396 e. The van der Waals surface area contributed by atoms with Gasteiger partial charge in [-0.2, -0.15) is 0 Å². The van der Waals surface area contributed by atoms with Gasteiger partial charge in [0.25, 0.3) is 5.91 Å². The van der Waals surface area contributed by atoms with Crippen molar-refractivity contribution < 1.29 is 15.0 Å². The van der Waals surface area contributed by atoms with E-state index < -0.39 is 0 Å². The Bertz CT molecular complexity index is 413. The van der Waals surface area contributed by atoms with Crippen molar-refractivity contribution >= 4 is 17.2 Å². The number of hydrogen-bond donors (Lipinski definition) is 2. The van der Waals surface area contributed by atoms with E-state index in [-0.39, 0.29) is 36.4 Å². The van der Waals surface area contributed by atoms with Crippen molar-refractivity contribution in [1.29, 1.82) is 0 Å². The van der Waals surface area contributed by atoms with Gasteiger partial charge < -0.3 is 15.1 Å². The van der Waals surface area contributed by atoms with Crippen LogP contribution in [0.15, 0.2) is 17.5 Å². The van der Waals surface area contributed by atoms with Crippen LogP contribution < -0.4 is 0 Å². The molecule has 1 amide bonds. The molecule has 1 saturated carbocycles. The minimum absolute atomic E-state index is 0.0276. The molecule has 1 aliphatic heterocycles. The van der Waals surface area contributed by atoms with Crippen molar-refractivity contribution in [2.45, 2.75) is 0 Å². The Hall–Kier alpha value is -0.910. The van der Waals surface area contributed by atoms with E-state index >= 15 is 0 Å². The first-order chi connectivity index (χ1) is 8.23. The van der Waals surface area contributed by atoms with Crippen molar-refractivity contribution in [1.82, 2.24) is 4.90 Å². The number of rotatable bonds is 3. The number of fused-ring (bicyclic) bond motifs is 1. The Morgan fingerprint density at radius 1 is 1.41 bits per heavy atom. The highest BCUT2D eigenvalue weighted by molar-refractivity contribution is 7.12. The third-order valence-electron chi connectivity index (χ3n) is 4.30.